The highest BCUT2D eigenvalue weighted by Gasteiger charge is 2.21. The number of aromatic nitrogens is 1. The van der Waals surface area contributed by atoms with E-state index in [9.17, 15) is 0 Å². The van der Waals surface area contributed by atoms with E-state index in [0.717, 1.165) is 82.9 Å². The standard InChI is InChI=1S/C60H38NO2P/c64-58-30-23-41(38-13-6-2-7-14-38)32-47(58)45-16-10-15-39(31-45)44-22-28-56-51(36-44)60-57(63-56)29-25-53-59(60)50-35-42(19-24-52(50)61(53)46-17-8-3-9-18-46)43-21-27-55-49(34-43)48-33-40(20-26-54(48)62-55)37-11-4-1-5-12-37/h1-36H,64H2. The Kier molecular flexibility index (Phi) is 8.34. The van der Waals surface area contributed by atoms with Crippen molar-refractivity contribution in [3.05, 3.63) is 218 Å². The summed E-state index contributed by atoms with van der Waals surface area (Å²) in [6.07, 6.45) is 0. The van der Waals surface area contributed by atoms with Gasteiger partial charge in [0.1, 0.15) is 22.3 Å². The molecule has 0 spiro atoms. The molecule has 64 heavy (non-hydrogen) atoms. The molecule has 0 aliphatic carbocycles. The average molecular weight is 836 g/mol. The van der Waals surface area contributed by atoms with Gasteiger partial charge in [-0.1, -0.05) is 133 Å². The zero-order chi connectivity index (χ0) is 42.3. The Morgan fingerprint density at radius 1 is 0.297 bits per heavy atom. The van der Waals surface area contributed by atoms with Crippen molar-refractivity contribution in [2.75, 3.05) is 0 Å². The molecule has 0 fully saturated rings. The lowest BCUT2D eigenvalue weighted by Gasteiger charge is -2.11. The lowest BCUT2D eigenvalue weighted by Crippen LogP contribution is -1.97. The molecule has 0 saturated heterocycles. The molecule has 0 aliphatic rings. The number of para-hydroxylation sites is 1. The molecule has 13 aromatic rings. The van der Waals surface area contributed by atoms with Crippen LogP contribution >= 0.6 is 9.24 Å². The van der Waals surface area contributed by atoms with E-state index in [4.69, 9.17) is 8.83 Å². The van der Waals surface area contributed by atoms with Gasteiger partial charge in [0, 0.05) is 38.0 Å². The maximum absolute atomic E-state index is 6.69. The maximum atomic E-state index is 6.69. The van der Waals surface area contributed by atoms with Gasteiger partial charge in [0.15, 0.2) is 0 Å². The van der Waals surface area contributed by atoms with Gasteiger partial charge in [-0.05, 0) is 146 Å². The number of hydrogen-bond acceptors (Lipinski definition) is 2. The van der Waals surface area contributed by atoms with Crippen LogP contribution in [0.4, 0.5) is 0 Å². The fourth-order valence-corrected chi connectivity index (χ4v) is 10.2. The predicted octanol–water partition coefficient (Wildman–Crippen LogP) is 16.4. The van der Waals surface area contributed by atoms with E-state index >= 15 is 0 Å². The molecular weight excluding hydrogens is 798 g/mol. The van der Waals surface area contributed by atoms with Crippen LogP contribution < -0.4 is 5.30 Å². The topological polar surface area (TPSA) is 31.2 Å². The summed E-state index contributed by atoms with van der Waals surface area (Å²) in [6.45, 7) is 0. The maximum Gasteiger partial charge on any atom is 0.136 e. The smallest absolute Gasteiger partial charge is 0.136 e. The lowest BCUT2D eigenvalue weighted by molar-refractivity contribution is 0.668. The van der Waals surface area contributed by atoms with Crippen molar-refractivity contribution in [3.8, 4) is 61.3 Å². The Bertz CT molecular complexity index is 3950. The Morgan fingerprint density at radius 2 is 0.750 bits per heavy atom. The molecular formula is C60H38NO2P. The van der Waals surface area contributed by atoms with Crippen LogP contribution in [0.15, 0.2) is 227 Å². The Balaban J connectivity index is 0.989. The van der Waals surface area contributed by atoms with Crippen molar-refractivity contribution in [2.45, 2.75) is 0 Å². The minimum Gasteiger partial charge on any atom is -0.456 e. The molecule has 0 saturated carbocycles. The predicted molar refractivity (Wildman–Crippen MR) is 272 cm³/mol. The molecule has 10 aromatic carbocycles. The van der Waals surface area contributed by atoms with Crippen LogP contribution in [0, 0.1) is 0 Å². The van der Waals surface area contributed by atoms with Crippen molar-refractivity contribution >= 4 is 80.2 Å². The molecule has 0 bridgehead atoms. The number of fused-ring (bicyclic) bond motifs is 10. The molecule has 3 heterocycles. The lowest BCUT2D eigenvalue weighted by atomic mass is 9.95. The van der Waals surface area contributed by atoms with E-state index < -0.39 is 0 Å². The molecule has 300 valence electrons. The van der Waals surface area contributed by atoms with Crippen LogP contribution in [-0.2, 0) is 0 Å². The van der Waals surface area contributed by atoms with Crippen molar-refractivity contribution in [1.82, 2.24) is 4.57 Å². The van der Waals surface area contributed by atoms with Gasteiger partial charge in [-0.3, -0.25) is 0 Å². The van der Waals surface area contributed by atoms with Crippen LogP contribution in [-0.4, -0.2) is 4.57 Å². The molecule has 3 nitrogen and oxygen atoms in total. The van der Waals surface area contributed by atoms with E-state index in [1.165, 1.54) is 49.5 Å². The Labute approximate surface area is 371 Å². The van der Waals surface area contributed by atoms with Gasteiger partial charge in [-0.2, -0.15) is 0 Å². The molecule has 4 heteroatoms. The van der Waals surface area contributed by atoms with Crippen LogP contribution in [0.2, 0.25) is 0 Å². The third kappa shape index (κ3) is 5.93. The molecule has 0 aliphatic heterocycles. The highest BCUT2D eigenvalue weighted by atomic mass is 31.0. The first kappa shape index (κ1) is 36.7. The second-order valence-electron chi connectivity index (χ2n) is 16.7. The fraction of sp³-hybridized carbons (Fsp3) is 0. The zero-order valence-electron chi connectivity index (χ0n) is 34.6. The van der Waals surface area contributed by atoms with Gasteiger partial charge in [-0.25, -0.2) is 0 Å². The molecule has 0 N–H and O–H groups in total. The van der Waals surface area contributed by atoms with Crippen molar-refractivity contribution in [3.63, 3.8) is 0 Å². The summed E-state index contributed by atoms with van der Waals surface area (Å²) in [6, 6.07) is 78.4. The van der Waals surface area contributed by atoms with Gasteiger partial charge in [-0.15, -0.1) is 9.24 Å². The second kappa shape index (κ2) is 14.6. The molecule has 13 rings (SSSR count). The third-order valence-electron chi connectivity index (χ3n) is 13.0. The monoisotopic (exact) mass is 835 g/mol. The summed E-state index contributed by atoms with van der Waals surface area (Å²) < 4.78 is 15.5. The normalized spacial score (nSPS) is 11.8. The minimum atomic E-state index is 0.870. The molecule has 3 aromatic heterocycles. The summed E-state index contributed by atoms with van der Waals surface area (Å²) >= 11 is 0. The number of rotatable bonds is 6. The van der Waals surface area contributed by atoms with Crippen LogP contribution in [0.1, 0.15) is 0 Å². The summed E-state index contributed by atoms with van der Waals surface area (Å²) in [5, 5.41) is 7.95. The number of nitrogens with zero attached hydrogens (tertiary/aromatic N) is 1. The van der Waals surface area contributed by atoms with Crippen molar-refractivity contribution in [1.29, 1.82) is 0 Å². The molecule has 0 radical (unpaired) electrons. The summed E-state index contributed by atoms with van der Waals surface area (Å²) in [7, 11) is 2.94. The fourth-order valence-electron chi connectivity index (χ4n) is 9.84. The summed E-state index contributed by atoms with van der Waals surface area (Å²) in [5.74, 6) is 0. The van der Waals surface area contributed by atoms with Crippen molar-refractivity contribution in [2.24, 2.45) is 0 Å². The first-order chi connectivity index (χ1) is 31.6. The average Bonchev–Trinajstić information content (AvgIpc) is 4.03. The Morgan fingerprint density at radius 3 is 1.42 bits per heavy atom. The van der Waals surface area contributed by atoms with E-state index in [2.05, 4.69) is 232 Å². The first-order valence-electron chi connectivity index (χ1n) is 21.7. The summed E-state index contributed by atoms with van der Waals surface area (Å²) in [4.78, 5) is 0. The summed E-state index contributed by atoms with van der Waals surface area (Å²) in [5.41, 5.74) is 18.6. The SMILES string of the molecule is Pc1ccc(-c2ccccc2)cc1-c1cccc(-c2ccc3oc4ccc5c(c6cc(-c7ccc8oc9ccc(-c%10ccccc%10)cc9c8c7)ccc6n5-c5ccccc5)c4c3c2)c1. The number of hydrogen-bond donors (Lipinski definition) is 0. The van der Waals surface area contributed by atoms with Gasteiger partial charge >= 0.3 is 0 Å². The van der Waals surface area contributed by atoms with E-state index in [-0.39, 0.29) is 0 Å². The van der Waals surface area contributed by atoms with Crippen LogP contribution in [0.25, 0.3) is 127 Å². The van der Waals surface area contributed by atoms with Gasteiger partial charge in [0.25, 0.3) is 0 Å². The first-order valence-corrected chi connectivity index (χ1v) is 22.3. The molecule has 0 amide bonds. The quantitative estimate of drug-likeness (QED) is 0.156. The molecule has 1 atom stereocenters. The number of furan rings is 2. The highest BCUT2D eigenvalue weighted by molar-refractivity contribution is 7.28. The van der Waals surface area contributed by atoms with Crippen LogP contribution in [0.5, 0.6) is 0 Å². The molecule has 1 unspecified atom stereocenters. The van der Waals surface area contributed by atoms with E-state index in [1.54, 1.807) is 0 Å². The van der Waals surface area contributed by atoms with E-state index in [0.29, 0.717) is 0 Å². The van der Waals surface area contributed by atoms with Gasteiger partial charge < -0.3 is 13.4 Å². The van der Waals surface area contributed by atoms with Gasteiger partial charge in [0.05, 0.1) is 11.0 Å². The van der Waals surface area contributed by atoms with Gasteiger partial charge in [0.2, 0.25) is 0 Å². The largest absolute Gasteiger partial charge is 0.456 e. The minimum absolute atomic E-state index is 0.870. The van der Waals surface area contributed by atoms with E-state index in [1.807, 2.05) is 0 Å². The Hall–Kier alpha value is -7.97. The third-order valence-corrected chi connectivity index (χ3v) is 13.5. The second-order valence-corrected chi connectivity index (χ2v) is 17.3. The van der Waals surface area contributed by atoms with Crippen molar-refractivity contribution < 1.29 is 8.83 Å². The van der Waals surface area contributed by atoms with Crippen LogP contribution in [0.3, 0.4) is 0 Å². The highest BCUT2D eigenvalue weighted by Crippen LogP contribution is 2.44. The number of benzene rings is 10. The zero-order valence-corrected chi connectivity index (χ0v) is 35.8.